The van der Waals surface area contributed by atoms with Gasteiger partial charge < -0.3 is 9.47 Å². The van der Waals surface area contributed by atoms with Crippen LogP contribution in [0.1, 0.15) is 0 Å². The average Bonchev–Trinajstić information content (AvgIpc) is 2.39. The molecule has 0 aliphatic carbocycles. The summed E-state index contributed by atoms with van der Waals surface area (Å²) in [6.07, 6.45) is 3.82. The second kappa shape index (κ2) is 5.17. The third-order valence-electron chi connectivity index (χ3n) is 2.23. The summed E-state index contributed by atoms with van der Waals surface area (Å²) >= 11 is 0. The fraction of sp³-hybridized carbons (Fsp3) is 0.0909. The Hall–Kier alpha value is -2.00. The smallest absolute Gasteiger partial charge is 0.280 e. The molecule has 0 unspecified atom stereocenters. The zero-order chi connectivity index (χ0) is 14.8. The molecule has 108 valence electrons. The van der Waals surface area contributed by atoms with Gasteiger partial charge >= 0.3 is 0 Å². The van der Waals surface area contributed by atoms with Crippen LogP contribution in [0.3, 0.4) is 0 Å². The molecule has 0 spiro atoms. The van der Waals surface area contributed by atoms with E-state index in [-0.39, 0.29) is 8.61 Å². The van der Waals surface area contributed by atoms with Gasteiger partial charge in [0.05, 0.1) is 11.2 Å². The SMILES string of the molecule is CS(=O)(=O)N(C1=COC=CO1)S(=O)(=O)c1ccccc1. The van der Waals surface area contributed by atoms with Gasteiger partial charge in [-0.1, -0.05) is 18.2 Å². The molecular formula is C11H11NO6S2. The Balaban J connectivity index is 2.56. The number of hydrogen-bond acceptors (Lipinski definition) is 6. The molecule has 1 heterocycles. The van der Waals surface area contributed by atoms with Crippen LogP contribution >= 0.6 is 0 Å². The molecule has 1 aromatic rings. The molecule has 0 aromatic heterocycles. The maximum atomic E-state index is 12.4. The van der Waals surface area contributed by atoms with Crippen molar-refractivity contribution in [3.8, 4) is 0 Å². The minimum atomic E-state index is -4.32. The third-order valence-corrected chi connectivity index (χ3v) is 5.90. The van der Waals surface area contributed by atoms with E-state index in [1.54, 1.807) is 6.07 Å². The van der Waals surface area contributed by atoms with Crippen molar-refractivity contribution in [2.45, 2.75) is 4.90 Å². The lowest BCUT2D eigenvalue weighted by atomic mass is 10.4. The van der Waals surface area contributed by atoms with Gasteiger partial charge in [-0.25, -0.2) is 8.42 Å². The summed E-state index contributed by atoms with van der Waals surface area (Å²) in [6, 6.07) is 7.16. The highest BCUT2D eigenvalue weighted by Crippen LogP contribution is 2.25. The predicted octanol–water partition coefficient (Wildman–Crippen LogP) is 0.954. The van der Waals surface area contributed by atoms with Crippen molar-refractivity contribution in [2.24, 2.45) is 0 Å². The fourth-order valence-corrected chi connectivity index (χ4v) is 4.60. The minimum absolute atomic E-state index is 0.176. The first-order valence-corrected chi connectivity index (χ1v) is 8.60. The monoisotopic (exact) mass is 317 g/mol. The number of hydrogen-bond donors (Lipinski definition) is 0. The predicted molar refractivity (Wildman–Crippen MR) is 69.7 cm³/mol. The van der Waals surface area contributed by atoms with Crippen LogP contribution in [0.15, 0.2) is 59.9 Å². The van der Waals surface area contributed by atoms with E-state index in [4.69, 9.17) is 9.47 Å². The molecule has 7 nitrogen and oxygen atoms in total. The van der Waals surface area contributed by atoms with E-state index in [0.29, 0.717) is 0 Å². The second-order valence-electron chi connectivity index (χ2n) is 3.76. The summed E-state index contributed by atoms with van der Waals surface area (Å²) in [7, 11) is -8.45. The van der Waals surface area contributed by atoms with Gasteiger partial charge in [0.25, 0.3) is 15.9 Å². The molecule has 0 amide bonds. The molecular weight excluding hydrogens is 306 g/mol. The Labute approximate surface area is 116 Å². The van der Waals surface area contributed by atoms with Gasteiger partial charge in [0.2, 0.25) is 10.0 Å². The number of rotatable bonds is 4. The summed E-state index contributed by atoms with van der Waals surface area (Å²) in [5, 5.41) is 0. The van der Waals surface area contributed by atoms with Gasteiger partial charge in [-0.15, -0.1) is 3.71 Å². The van der Waals surface area contributed by atoms with Crippen LogP contribution in [0.2, 0.25) is 0 Å². The van der Waals surface area contributed by atoms with Crippen molar-refractivity contribution in [3.63, 3.8) is 0 Å². The van der Waals surface area contributed by atoms with Crippen LogP contribution in [-0.2, 0) is 29.5 Å². The van der Waals surface area contributed by atoms with Crippen LogP contribution < -0.4 is 0 Å². The van der Waals surface area contributed by atoms with E-state index in [1.165, 1.54) is 24.3 Å². The van der Waals surface area contributed by atoms with Crippen molar-refractivity contribution < 1.29 is 26.3 Å². The highest BCUT2D eigenvalue weighted by atomic mass is 32.3. The Morgan fingerprint density at radius 2 is 1.65 bits per heavy atom. The Morgan fingerprint density at radius 3 is 2.15 bits per heavy atom. The first-order chi connectivity index (χ1) is 9.33. The van der Waals surface area contributed by atoms with Gasteiger partial charge in [0, 0.05) is 0 Å². The summed E-state index contributed by atoms with van der Waals surface area (Å²) in [5.41, 5.74) is 0. The summed E-state index contributed by atoms with van der Waals surface area (Å²) in [5.74, 6) is -0.459. The van der Waals surface area contributed by atoms with Crippen molar-refractivity contribution >= 4 is 20.0 Å². The zero-order valence-electron chi connectivity index (χ0n) is 10.3. The first-order valence-electron chi connectivity index (χ1n) is 5.31. The molecule has 0 bridgehead atoms. The lowest BCUT2D eigenvalue weighted by Gasteiger charge is -2.23. The lowest BCUT2D eigenvalue weighted by molar-refractivity contribution is 0.220. The molecule has 9 heteroatoms. The van der Waals surface area contributed by atoms with Crippen molar-refractivity contribution in [1.82, 2.24) is 3.71 Å². The van der Waals surface area contributed by atoms with Crippen LogP contribution in [0.25, 0.3) is 0 Å². The molecule has 0 N–H and O–H groups in total. The number of nitrogens with zero attached hydrogens (tertiary/aromatic N) is 1. The molecule has 0 saturated heterocycles. The molecule has 20 heavy (non-hydrogen) atoms. The largest absolute Gasteiger partial charge is 0.464 e. The standard InChI is InChI=1S/C11H11NO6S2/c1-19(13,14)12(11-9-17-7-8-18-11)20(15,16)10-5-3-2-4-6-10/h2-9H,1H3. The van der Waals surface area contributed by atoms with E-state index in [0.717, 1.165) is 25.0 Å². The van der Waals surface area contributed by atoms with Crippen LogP contribution in [0, 0.1) is 0 Å². The molecule has 0 radical (unpaired) electrons. The normalized spacial score (nSPS) is 14.9. The highest BCUT2D eigenvalue weighted by Gasteiger charge is 2.36. The maximum absolute atomic E-state index is 12.4. The number of sulfonamides is 2. The molecule has 1 aromatic carbocycles. The first kappa shape index (κ1) is 14.4. The van der Waals surface area contributed by atoms with Crippen molar-refractivity contribution in [1.29, 1.82) is 0 Å². The number of benzene rings is 1. The van der Waals surface area contributed by atoms with Crippen LogP contribution in [0.5, 0.6) is 0 Å². The summed E-state index contributed by atoms with van der Waals surface area (Å²) < 4.78 is 58.3. The van der Waals surface area contributed by atoms with Gasteiger partial charge in [0.1, 0.15) is 12.5 Å². The van der Waals surface area contributed by atoms with Crippen LogP contribution in [-0.4, -0.2) is 26.8 Å². The molecule has 2 rings (SSSR count). The molecule has 0 atom stereocenters. The Bertz CT molecular complexity index is 749. The van der Waals surface area contributed by atoms with E-state index in [1.807, 2.05) is 0 Å². The fourth-order valence-electron chi connectivity index (χ4n) is 1.49. The van der Waals surface area contributed by atoms with Gasteiger partial charge in [-0.05, 0) is 12.1 Å². The highest BCUT2D eigenvalue weighted by molar-refractivity contribution is 8.03. The molecule has 0 fully saturated rings. The molecule has 1 aliphatic rings. The Kier molecular flexibility index (Phi) is 3.73. The number of ether oxygens (including phenoxy) is 2. The van der Waals surface area contributed by atoms with Gasteiger partial charge in [-0.3, -0.25) is 0 Å². The second-order valence-corrected chi connectivity index (χ2v) is 7.61. The summed E-state index contributed by atoms with van der Waals surface area (Å²) in [6.45, 7) is 0. The van der Waals surface area contributed by atoms with Crippen LogP contribution in [0.4, 0.5) is 0 Å². The third kappa shape index (κ3) is 2.78. The lowest BCUT2D eigenvalue weighted by Crippen LogP contribution is -2.36. The molecule has 1 aliphatic heterocycles. The zero-order valence-corrected chi connectivity index (χ0v) is 12.0. The van der Waals surface area contributed by atoms with E-state index < -0.39 is 25.9 Å². The van der Waals surface area contributed by atoms with E-state index in [2.05, 4.69) is 0 Å². The topological polar surface area (TPSA) is 90.0 Å². The molecule has 0 saturated carbocycles. The van der Waals surface area contributed by atoms with E-state index in [9.17, 15) is 16.8 Å². The van der Waals surface area contributed by atoms with E-state index >= 15 is 0 Å². The maximum Gasteiger partial charge on any atom is 0.280 e. The summed E-state index contributed by atoms with van der Waals surface area (Å²) in [4.78, 5) is -0.176. The average molecular weight is 317 g/mol. The van der Waals surface area contributed by atoms with Gasteiger partial charge in [0.15, 0.2) is 6.26 Å². The van der Waals surface area contributed by atoms with Crippen molar-refractivity contribution in [2.75, 3.05) is 6.26 Å². The Morgan fingerprint density at radius 1 is 1.00 bits per heavy atom. The van der Waals surface area contributed by atoms with Gasteiger partial charge in [-0.2, -0.15) is 8.42 Å². The minimum Gasteiger partial charge on any atom is -0.464 e. The van der Waals surface area contributed by atoms with Crippen molar-refractivity contribution in [3.05, 3.63) is 55.0 Å². The quantitative estimate of drug-likeness (QED) is 0.821.